The first-order chi connectivity index (χ1) is 11.1. The summed E-state index contributed by atoms with van der Waals surface area (Å²) in [5, 5.41) is 0. The first-order valence-electron chi connectivity index (χ1n) is 7.23. The summed E-state index contributed by atoms with van der Waals surface area (Å²) in [6.45, 7) is 0.165. The average Bonchev–Trinajstić information content (AvgIpc) is 3.08. The van der Waals surface area contributed by atoms with Crippen molar-refractivity contribution >= 4 is 16.9 Å². The van der Waals surface area contributed by atoms with E-state index in [0.717, 1.165) is 0 Å². The topological polar surface area (TPSA) is 67.4 Å². The van der Waals surface area contributed by atoms with Crippen LogP contribution in [0.3, 0.4) is 0 Å². The van der Waals surface area contributed by atoms with Gasteiger partial charge in [0.2, 0.25) is 5.91 Å². The number of ether oxygens (including phenoxy) is 2. The molecule has 0 aliphatic carbocycles. The Morgan fingerprint density at radius 2 is 2.30 bits per heavy atom. The molecule has 0 unspecified atom stereocenters. The number of hydrogen-bond donors (Lipinski definition) is 1. The van der Waals surface area contributed by atoms with Gasteiger partial charge in [0.25, 0.3) is 0 Å². The van der Waals surface area contributed by atoms with E-state index in [-0.39, 0.29) is 38.0 Å². The van der Waals surface area contributed by atoms with Crippen molar-refractivity contribution in [1.82, 2.24) is 14.9 Å². The summed E-state index contributed by atoms with van der Waals surface area (Å²) in [4.78, 5) is 20.3. The number of aromatic nitrogens is 2. The monoisotopic (exact) mass is 325 g/mol. The number of H-pyrrole nitrogens is 1. The maximum atomic E-state index is 14.0. The third-order valence-electron chi connectivity index (χ3n) is 3.75. The number of rotatable bonds is 5. The molecule has 2 atom stereocenters. The molecule has 2 heterocycles. The summed E-state index contributed by atoms with van der Waals surface area (Å²) in [5.41, 5.74) is 1.17. The minimum absolute atomic E-state index is 0.00178. The summed E-state index contributed by atoms with van der Waals surface area (Å²) in [6, 6.07) is 4.22. The van der Waals surface area contributed by atoms with Crippen molar-refractivity contribution in [3.8, 4) is 0 Å². The van der Waals surface area contributed by atoms with Gasteiger partial charge >= 0.3 is 0 Å². The standard InChI is InChI=1S/C15H17F2N3O3/c1-22-8-15(21)20-5-10(17)13(6-20)23-7-14-18-11-3-2-9(16)4-12(11)19-14/h2-4,10,13H,5-8H2,1H3,(H,18,19)/t10-,13+/m1/s1. The number of imidazole rings is 1. The van der Waals surface area contributed by atoms with Gasteiger partial charge in [-0.05, 0) is 18.2 Å². The van der Waals surface area contributed by atoms with E-state index in [1.165, 1.54) is 24.1 Å². The van der Waals surface area contributed by atoms with E-state index in [1.54, 1.807) is 6.07 Å². The number of halogens is 2. The summed E-state index contributed by atoms with van der Waals surface area (Å²) in [5.74, 6) is -0.138. The van der Waals surface area contributed by atoms with Crippen LogP contribution in [-0.2, 0) is 20.9 Å². The van der Waals surface area contributed by atoms with Crippen LogP contribution < -0.4 is 0 Å². The molecule has 1 aliphatic rings. The van der Waals surface area contributed by atoms with Crippen LogP contribution in [0.1, 0.15) is 5.82 Å². The predicted molar refractivity (Wildman–Crippen MR) is 78.0 cm³/mol. The fourth-order valence-corrected chi connectivity index (χ4v) is 2.60. The van der Waals surface area contributed by atoms with Crippen LogP contribution in [-0.4, -0.2) is 59.9 Å². The zero-order valence-electron chi connectivity index (χ0n) is 12.6. The molecule has 0 spiro atoms. The summed E-state index contributed by atoms with van der Waals surface area (Å²) in [6.07, 6.45) is -1.96. The molecule has 0 saturated carbocycles. The van der Waals surface area contributed by atoms with Gasteiger partial charge in [-0.3, -0.25) is 4.79 Å². The number of nitrogens with one attached hydrogen (secondary N) is 1. The van der Waals surface area contributed by atoms with Gasteiger partial charge in [0.1, 0.15) is 37.1 Å². The fourth-order valence-electron chi connectivity index (χ4n) is 2.60. The Morgan fingerprint density at radius 1 is 1.48 bits per heavy atom. The maximum Gasteiger partial charge on any atom is 0.248 e. The Balaban J connectivity index is 1.60. The molecule has 0 bridgehead atoms. The van der Waals surface area contributed by atoms with Crippen LogP contribution in [0.25, 0.3) is 11.0 Å². The van der Waals surface area contributed by atoms with Crippen molar-refractivity contribution in [3.63, 3.8) is 0 Å². The Kier molecular flexibility index (Phi) is 4.53. The second-order valence-corrected chi connectivity index (χ2v) is 5.44. The lowest BCUT2D eigenvalue weighted by atomic mass is 10.3. The zero-order valence-corrected chi connectivity index (χ0v) is 12.6. The fraction of sp³-hybridized carbons (Fsp3) is 0.467. The number of benzene rings is 1. The van der Waals surface area contributed by atoms with Crippen LogP contribution in [0, 0.1) is 5.82 Å². The molecular formula is C15H17F2N3O3. The molecule has 1 saturated heterocycles. The first kappa shape index (κ1) is 15.8. The number of aromatic amines is 1. The first-order valence-corrected chi connectivity index (χ1v) is 7.23. The molecule has 23 heavy (non-hydrogen) atoms. The Labute approximate surface area is 131 Å². The molecule has 124 valence electrons. The summed E-state index contributed by atoms with van der Waals surface area (Å²) < 4.78 is 37.4. The molecule has 8 heteroatoms. The number of methoxy groups -OCH3 is 1. The summed E-state index contributed by atoms with van der Waals surface area (Å²) >= 11 is 0. The van der Waals surface area contributed by atoms with Crippen molar-refractivity contribution in [2.75, 3.05) is 26.8 Å². The van der Waals surface area contributed by atoms with Gasteiger partial charge in [0.05, 0.1) is 17.6 Å². The maximum absolute atomic E-state index is 14.0. The lowest BCUT2D eigenvalue weighted by Crippen LogP contribution is -2.32. The second kappa shape index (κ2) is 6.59. The van der Waals surface area contributed by atoms with Crippen LogP contribution in [0.2, 0.25) is 0 Å². The van der Waals surface area contributed by atoms with E-state index in [1.807, 2.05) is 0 Å². The van der Waals surface area contributed by atoms with Crippen molar-refractivity contribution < 1.29 is 23.0 Å². The number of carbonyl (C=O) groups excluding carboxylic acids is 1. The highest BCUT2D eigenvalue weighted by Crippen LogP contribution is 2.19. The quantitative estimate of drug-likeness (QED) is 0.903. The molecule has 1 amide bonds. The largest absolute Gasteiger partial charge is 0.375 e. The number of nitrogens with zero attached hydrogens (tertiary/aromatic N) is 2. The minimum atomic E-state index is -1.25. The molecule has 2 aromatic rings. The van der Waals surface area contributed by atoms with Gasteiger partial charge in [0.15, 0.2) is 0 Å². The van der Waals surface area contributed by atoms with Gasteiger partial charge in [-0.2, -0.15) is 0 Å². The predicted octanol–water partition coefficient (Wildman–Crippen LogP) is 1.41. The highest BCUT2D eigenvalue weighted by atomic mass is 19.1. The number of amides is 1. The molecule has 1 fully saturated rings. The van der Waals surface area contributed by atoms with Crippen LogP contribution >= 0.6 is 0 Å². The molecular weight excluding hydrogens is 308 g/mol. The van der Waals surface area contributed by atoms with Crippen molar-refractivity contribution in [1.29, 1.82) is 0 Å². The van der Waals surface area contributed by atoms with Gasteiger partial charge in [-0.1, -0.05) is 0 Å². The van der Waals surface area contributed by atoms with Gasteiger partial charge in [-0.25, -0.2) is 13.8 Å². The molecule has 1 N–H and O–H groups in total. The van der Waals surface area contributed by atoms with E-state index in [9.17, 15) is 13.6 Å². The van der Waals surface area contributed by atoms with E-state index in [0.29, 0.717) is 16.9 Å². The van der Waals surface area contributed by atoms with E-state index >= 15 is 0 Å². The molecule has 0 radical (unpaired) electrons. The van der Waals surface area contributed by atoms with Crippen molar-refractivity contribution in [3.05, 3.63) is 29.8 Å². The number of fused-ring (bicyclic) bond motifs is 1. The highest BCUT2D eigenvalue weighted by Gasteiger charge is 2.36. The zero-order chi connectivity index (χ0) is 16.4. The molecule has 1 aromatic heterocycles. The van der Waals surface area contributed by atoms with Gasteiger partial charge in [0, 0.05) is 13.7 Å². The minimum Gasteiger partial charge on any atom is -0.375 e. The second-order valence-electron chi connectivity index (χ2n) is 5.44. The van der Waals surface area contributed by atoms with Gasteiger partial charge in [-0.15, -0.1) is 0 Å². The van der Waals surface area contributed by atoms with Crippen LogP contribution in [0.4, 0.5) is 8.78 Å². The van der Waals surface area contributed by atoms with Crippen molar-refractivity contribution in [2.45, 2.75) is 18.9 Å². The van der Waals surface area contributed by atoms with Crippen molar-refractivity contribution in [2.24, 2.45) is 0 Å². The lowest BCUT2D eigenvalue weighted by molar-refractivity contribution is -0.134. The number of likely N-dealkylation sites (tertiary alicyclic amines) is 1. The Morgan fingerprint density at radius 3 is 3.09 bits per heavy atom. The third kappa shape index (κ3) is 3.48. The molecule has 1 aromatic carbocycles. The smallest absolute Gasteiger partial charge is 0.248 e. The molecule has 3 rings (SSSR count). The Hall–Kier alpha value is -2.06. The normalized spacial score (nSPS) is 21.3. The SMILES string of the molecule is COCC(=O)N1C[C@@H](F)[C@@H](OCc2nc3ccc(F)cc3[nH]2)C1. The van der Waals surface area contributed by atoms with E-state index in [2.05, 4.69) is 9.97 Å². The number of carbonyl (C=O) groups is 1. The summed E-state index contributed by atoms with van der Waals surface area (Å²) in [7, 11) is 1.42. The molecule has 6 nitrogen and oxygen atoms in total. The van der Waals surface area contributed by atoms with Crippen LogP contribution in [0.15, 0.2) is 18.2 Å². The van der Waals surface area contributed by atoms with E-state index < -0.39 is 12.3 Å². The average molecular weight is 325 g/mol. The number of hydrogen-bond acceptors (Lipinski definition) is 4. The lowest BCUT2D eigenvalue weighted by Gasteiger charge is -2.15. The highest BCUT2D eigenvalue weighted by molar-refractivity contribution is 5.78. The molecule has 1 aliphatic heterocycles. The van der Waals surface area contributed by atoms with Crippen LogP contribution in [0.5, 0.6) is 0 Å². The number of alkyl halides is 1. The van der Waals surface area contributed by atoms with Gasteiger partial charge < -0.3 is 19.4 Å². The Bertz CT molecular complexity index is 706. The van der Waals surface area contributed by atoms with E-state index in [4.69, 9.17) is 9.47 Å². The third-order valence-corrected chi connectivity index (χ3v) is 3.75.